The van der Waals surface area contributed by atoms with Crippen LogP contribution in [0.25, 0.3) is 10.9 Å². The molecule has 1 aromatic carbocycles. The Morgan fingerprint density at radius 3 is 2.90 bits per heavy atom. The zero-order valence-corrected chi connectivity index (χ0v) is 11.6. The van der Waals surface area contributed by atoms with Gasteiger partial charge in [-0.2, -0.15) is 5.10 Å². The van der Waals surface area contributed by atoms with E-state index >= 15 is 0 Å². The van der Waals surface area contributed by atoms with Gasteiger partial charge in [0, 0.05) is 18.4 Å². The number of amides is 2. The Labute approximate surface area is 117 Å². The standard InChI is InChI=1S/C15H17N3O2/c1-3-18-14-9(2)5-4-6-10(14)13(17-18)11-7-8-12(19)16-15(11)20/h4-6,11H,3,7-8H2,1-2H3,(H,16,19,20). The minimum Gasteiger partial charge on any atom is -0.296 e. The summed E-state index contributed by atoms with van der Waals surface area (Å²) >= 11 is 0. The van der Waals surface area contributed by atoms with Gasteiger partial charge in [0.1, 0.15) is 0 Å². The lowest BCUT2D eigenvalue weighted by atomic mass is 9.92. The number of hydrogen-bond acceptors (Lipinski definition) is 3. The lowest BCUT2D eigenvalue weighted by Crippen LogP contribution is -2.39. The van der Waals surface area contributed by atoms with Crippen LogP contribution in [-0.4, -0.2) is 21.6 Å². The molecule has 2 heterocycles. The van der Waals surface area contributed by atoms with E-state index in [1.165, 1.54) is 0 Å². The minimum atomic E-state index is -0.329. The number of hydrogen-bond donors (Lipinski definition) is 1. The van der Waals surface area contributed by atoms with E-state index in [0.717, 1.165) is 28.7 Å². The molecule has 0 aliphatic carbocycles. The number of nitrogens with zero attached hydrogens (tertiary/aromatic N) is 2. The molecule has 3 rings (SSSR count). The van der Waals surface area contributed by atoms with E-state index in [1.54, 1.807) is 0 Å². The van der Waals surface area contributed by atoms with Crippen molar-refractivity contribution in [2.24, 2.45) is 0 Å². The fraction of sp³-hybridized carbons (Fsp3) is 0.400. The maximum absolute atomic E-state index is 12.1. The summed E-state index contributed by atoms with van der Waals surface area (Å²) in [7, 11) is 0. The van der Waals surface area contributed by atoms with Gasteiger partial charge in [0.15, 0.2) is 0 Å². The normalized spacial score (nSPS) is 19.4. The fourth-order valence-corrected chi connectivity index (χ4v) is 2.88. The van der Waals surface area contributed by atoms with Gasteiger partial charge in [-0.05, 0) is 25.8 Å². The third kappa shape index (κ3) is 1.90. The highest BCUT2D eigenvalue weighted by Gasteiger charge is 2.31. The molecule has 1 atom stereocenters. The zero-order valence-electron chi connectivity index (χ0n) is 11.6. The van der Waals surface area contributed by atoms with Crippen molar-refractivity contribution in [2.75, 3.05) is 0 Å². The number of benzene rings is 1. The molecule has 1 saturated heterocycles. The number of fused-ring (bicyclic) bond motifs is 1. The predicted molar refractivity (Wildman–Crippen MR) is 75.3 cm³/mol. The highest BCUT2D eigenvalue weighted by molar-refractivity contribution is 6.02. The SMILES string of the molecule is CCn1nc(C2CCC(=O)NC2=O)c2cccc(C)c21. The summed E-state index contributed by atoms with van der Waals surface area (Å²) in [5.41, 5.74) is 3.01. The van der Waals surface area contributed by atoms with Gasteiger partial charge in [0.2, 0.25) is 11.8 Å². The number of imide groups is 1. The first kappa shape index (κ1) is 12.8. The number of carbonyl (C=O) groups excluding carboxylic acids is 2. The Kier molecular flexibility index (Phi) is 3.04. The molecule has 5 heteroatoms. The second kappa shape index (κ2) is 4.74. The van der Waals surface area contributed by atoms with Crippen LogP contribution in [0.2, 0.25) is 0 Å². The molecule has 0 saturated carbocycles. The predicted octanol–water partition coefficient (Wildman–Crippen LogP) is 1.88. The van der Waals surface area contributed by atoms with Crippen molar-refractivity contribution in [3.63, 3.8) is 0 Å². The van der Waals surface area contributed by atoms with Crippen LogP contribution in [0.3, 0.4) is 0 Å². The number of carbonyl (C=O) groups is 2. The van der Waals surface area contributed by atoms with E-state index < -0.39 is 0 Å². The summed E-state index contributed by atoms with van der Waals surface area (Å²) in [6.45, 7) is 4.84. The van der Waals surface area contributed by atoms with Crippen LogP contribution in [0.1, 0.15) is 36.9 Å². The van der Waals surface area contributed by atoms with Gasteiger partial charge in [0.05, 0.1) is 17.1 Å². The third-order valence-electron chi connectivity index (χ3n) is 3.87. The van der Waals surface area contributed by atoms with Crippen molar-refractivity contribution >= 4 is 22.7 Å². The summed E-state index contributed by atoms with van der Waals surface area (Å²) in [6.07, 6.45) is 0.914. The number of aromatic nitrogens is 2. The average Bonchev–Trinajstić information content (AvgIpc) is 2.79. The second-order valence-corrected chi connectivity index (χ2v) is 5.18. The Bertz CT molecular complexity index is 702. The number of para-hydroxylation sites is 1. The Hall–Kier alpha value is -2.17. The number of nitrogens with one attached hydrogen (secondary N) is 1. The smallest absolute Gasteiger partial charge is 0.235 e. The van der Waals surface area contributed by atoms with E-state index in [2.05, 4.69) is 10.4 Å². The highest BCUT2D eigenvalue weighted by atomic mass is 16.2. The van der Waals surface area contributed by atoms with Gasteiger partial charge in [-0.1, -0.05) is 18.2 Å². The molecular weight excluding hydrogens is 254 g/mol. The van der Waals surface area contributed by atoms with Crippen LogP contribution in [0.5, 0.6) is 0 Å². The van der Waals surface area contributed by atoms with E-state index in [-0.39, 0.29) is 17.7 Å². The number of aryl methyl sites for hydroxylation is 2. The second-order valence-electron chi connectivity index (χ2n) is 5.18. The van der Waals surface area contributed by atoms with Gasteiger partial charge in [0.25, 0.3) is 0 Å². The van der Waals surface area contributed by atoms with E-state index in [1.807, 2.05) is 36.7 Å². The van der Waals surface area contributed by atoms with Crippen molar-refractivity contribution in [1.82, 2.24) is 15.1 Å². The van der Waals surface area contributed by atoms with Gasteiger partial charge in [-0.25, -0.2) is 0 Å². The molecule has 104 valence electrons. The van der Waals surface area contributed by atoms with Crippen LogP contribution in [0, 0.1) is 6.92 Å². The Morgan fingerprint density at radius 2 is 2.20 bits per heavy atom. The number of rotatable bonds is 2. The molecule has 1 aromatic heterocycles. The fourth-order valence-electron chi connectivity index (χ4n) is 2.88. The summed E-state index contributed by atoms with van der Waals surface area (Å²) in [4.78, 5) is 23.3. The molecule has 2 aromatic rings. The van der Waals surface area contributed by atoms with Gasteiger partial charge >= 0.3 is 0 Å². The first-order valence-corrected chi connectivity index (χ1v) is 6.91. The van der Waals surface area contributed by atoms with Crippen LogP contribution >= 0.6 is 0 Å². The number of piperidine rings is 1. The minimum absolute atomic E-state index is 0.193. The quantitative estimate of drug-likeness (QED) is 0.848. The Morgan fingerprint density at radius 1 is 1.40 bits per heavy atom. The summed E-state index contributed by atoms with van der Waals surface area (Å²) < 4.78 is 1.93. The van der Waals surface area contributed by atoms with Crippen LogP contribution in [0.4, 0.5) is 0 Å². The molecule has 1 N–H and O–H groups in total. The van der Waals surface area contributed by atoms with E-state index in [0.29, 0.717) is 12.8 Å². The molecule has 0 spiro atoms. The molecule has 1 aliphatic heterocycles. The van der Waals surface area contributed by atoms with Crippen molar-refractivity contribution in [2.45, 2.75) is 39.2 Å². The van der Waals surface area contributed by atoms with Gasteiger partial charge in [-0.15, -0.1) is 0 Å². The topological polar surface area (TPSA) is 64.0 Å². The molecule has 5 nitrogen and oxygen atoms in total. The summed E-state index contributed by atoms with van der Waals surface area (Å²) in [5, 5.41) is 8.03. The maximum Gasteiger partial charge on any atom is 0.235 e. The van der Waals surface area contributed by atoms with E-state index in [4.69, 9.17) is 0 Å². The summed E-state index contributed by atoms with van der Waals surface area (Å²) in [5.74, 6) is -0.753. The first-order valence-electron chi connectivity index (χ1n) is 6.91. The highest BCUT2D eigenvalue weighted by Crippen LogP contribution is 2.31. The maximum atomic E-state index is 12.1. The first-order chi connectivity index (χ1) is 9.61. The lowest BCUT2D eigenvalue weighted by Gasteiger charge is -2.19. The molecule has 0 bridgehead atoms. The molecule has 1 unspecified atom stereocenters. The van der Waals surface area contributed by atoms with Crippen molar-refractivity contribution in [3.05, 3.63) is 29.5 Å². The molecule has 1 aliphatic rings. The van der Waals surface area contributed by atoms with Crippen LogP contribution < -0.4 is 5.32 Å². The van der Waals surface area contributed by atoms with Gasteiger partial charge in [-0.3, -0.25) is 19.6 Å². The van der Waals surface area contributed by atoms with Crippen molar-refractivity contribution in [1.29, 1.82) is 0 Å². The Balaban J connectivity index is 2.15. The molecule has 20 heavy (non-hydrogen) atoms. The monoisotopic (exact) mass is 271 g/mol. The van der Waals surface area contributed by atoms with Crippen LogP contribution in [0.15, 0.2) is 18.2 Å². The molecule has 1 fully saturated rings. The van der Waals surface area contributed by atoms with E-state index in [9.17, 15) is 9.59 Å². The largest absolute Gasteiger partial charge is 0.296 e. The van der Waals surface area contributed by atoms with Crippen LogP contribution in [-0.2, 0) is 16.1 Å². The molecule has 0 radical (unpaired) electrons. The average molecular weight is 271 g/mol. The van der Waals surface area contributed by atoms with Gasteiger partial charge < -0.3 is 0 Å². The zero-order chi connectivity index (χ0) is 14.3. The van der Waals surface area contributed by atoms with Crippen molar-refractivity contribution < 1.29 is 9.59 Å². The third-order valence-corrected chi connectivity index (χ3v) is 3.87. The lowest BCUT2D eigenvalue weighted by molar-refractivity contribution is -0.134. The molecule has 2 amide bonds. The molecular formula is C15H17N3O2. The van der Waals surface area contributed by atoms with Crippen molar-refractivity contribution in [3.8, 4) is 0 Å². The summed E-state index contributed by atoms with van der Waals surface area (Å²) in [6, 6.07) is 6.03.